The zero-order valence-corrected chi connectivity index (χ0v) is 11.5. The third-order valence-electron chi connectivity index (χ3n) is 2.01. The highest BCUT2D eigenvalue weighted by molar-refractivity contribution is 9.10. The van der Waals surface area contributed by atoms with Gasteiger partial charge in [-0.15, -0.1) is 0 Å². The van der Waals surface area contributed by atoms with Crippen LogP contribution in [0.2, 0.25) is 0 Å². The van der Waals surface area contributed by atoms with Crippen LogP contribution >= 0.6 is 27.5 Å². The Bertz CT molecular complexity index is 518. The fourth-order valence-electron chi connectivity index (χ4n) is 1.25. The molecule has 1 aromatic heterocycles. The van der Waals surface area contributed by atoms with E-state index in [9.17, 15) is 4.39 Å². The molecule has 0 radical (unpaired) electrons. The van der Waals surface area contributed by atoms with E-state index in [1.165, 1.54) is 23.7 Å². The predicted molar refractivity (Wildman–Crippen MR) is 68.1 cm³/mol. The first kappa shape index (κ1) is 12.4. The van der Waals surface area contributed by atoms with Crippen LogP contribution in [0.5, 0.6) is 10.9 Å². The maximum atomic E-state index is 13.0. The third kappa shape index (κ3) is 3.23. The molecule has 2 rings (SSSR count). The van der Waals surface area contributed by atoms with Crippen LogP contribution in [0.1, 0.15) is 19.2 Å². The largest absolute Gasteiger partial charge is 0.429 e. The van der Waals surface area contributed by atoms with Crippen molar-refractivity contribution in [3.8, 4) is 10.9 Å². The molecule has 0 aliphatic rings. The zero-order valence-electron chi connectivity index (χ0n) is 9.11. The van der Waals surface area contributed by atoms with Crippen LogP contribution in [0.3, 0.4) is 0 Å². The summed E-state index contributed by atoms with van der Waals surface area (Å²) < 4.78 is 23.4. The van der Waals surface area contributed by atoms with Crippen molar-refractivity contribution in [2.24, 2.45) is 0 Å². The van der Waals surface area contributed by atoms with Crippen LogP contribution in [-0.2, 0) is 6.42 Å². The molecule has 90 valence electrons. The number of aryl methyl sites for hydroxylation is 1. The number of aromatic nitrogens is 2. The third-order valence-corrected chi connectivity index (χ3v) is 3.30. The maximum Gasteiger partial charge on any atom is 0.298 e. The van der Waals surface area contributed by atoms with Gasteiger partial charge < -0.3 is 4.74 Å². The molecule has 0 unspecified atom stereocenters. The van der Waals surface area contributed by atoms with Crippen molar-refractivity contribution >= 4 is 27.5 Å². The summed E-state index contributed by atoms with van der Waals surface area (Å²) in [6.07, 6.45) is 1.81. The second-order valence-corrected chi connectivity index (χ2v) is 4.97. The standard InChI is InChI=1S/C11H10BrFN2OS/c1-2-3-10-14-11(17-15-10)16-9-6-7(13)4-5-8(9)12/h4-6H,2-3H2,1H3. The SMILES string of the molecule is CCCc1nsc(Oc2cc(F)ccc2Br)n1. The summed E-state index contributed by atoms with van der Waals surface area (Å²) in [5, 5.41) is 0.430. The van der Waals surface area contributed by atoms with Crippen LogP contribution in [0, 0.1) is 5.82 Å². The van der Waals surface area contributed by atoms with E-state index in [0.717, 1.165) is 18.7 Å². The number of ether oxygens (including phenoxy) is 1. The molecule has 0 aliphatic heterocycles. The number of rotatable bonds is 4. The average Bonchev–Trinajstić information content (AvgIpc) is 2.72. The second-order valence-electron chi connectivity index (χ2n) is 3.40. The van der Waals surface area contributed by atoms with E-state index in [1.807, 2.05) is 0 Å². The number of hydrogen-bond acceptors (Lipinski definition) is 4. The molecule has 1 aromatic carbocycles. The van der Waals surface area contributed by atoms with Crippen molar-refractivity contribution in [3.63, 3.8) is 0 Å². The van der Waals surface area contributed by atoms with Crippen LogP contribution < -0.4 is 4.74 Å². The summed E-state index contributed by atoms with van der Waals surface area (Å²) in [5.41, 5.74) is 0. The quantitative estimate of drug-likeness (QED) is 0.848. The van der Waals surface area contributed by atoms with Crippen LogP contribution in [0.15, 0.2) is 22.7 Å². The summed E-state index contributed by atoms with van der Waals surface area (Å²) >= 11 is 4.46. The van der Waals surface area contributed by atoms with Gasteiger partial charge in [-0.3, -0.25) is 0 Å². The van der Waals surface area contributed by atoms with Gasteiger partial charge >= 0.3 is 0 Å². The van der Waals surface area contributed by atoms with Crippen molar-refractivity contribution in [1.82, 2.24) is 9.36 Å². The van der Waals surface area contributed by atoms with E-state index in [-0.39, 0.29) is 5.82 Å². The molecule has 0 atom stereocenters. The minimum absolute atomic E-state index is 0.346. The predicted octanol–water partition coefficient (Wildman–Crippen LogP) is 4.18. The van der Waals surface area contributed by atoms with Crippen LogP contribution in [-0.4, -0.2) is 9.36 Å². The monoisotopic (exact) mass is 316 g/mol. The number of benzene rings is 1. The van der Waals surface area contributed by atoms with E-state index >= 15 is 0 Å². The van der Waals surface area contributed by atoms with Gasteiger partial charge in [0.25, 0.3) is 5.19 Å². The van der Waals surface area contributed by atoms with Gasteiger partial charge in [0.05, 0.1) is 4.47 Å². The molecule has 3 nitrogen and oxygen atoms in total. The number of hydrogen-bond donors (Lipinski definition) is 0. The Balaban J connectivity index is 2.16. The first-order valence-corrected chi connectivity index (χ1v) is 6.71. The average molecular weight is 317 g/mol. The number of halogens is 2. The van der Waals surface area contributed by atoms with Gasteiger partial charge in [-0.2, -0.15) is 9.36 Å². The van der Waals surface area contributed by atoms with Gasteiger partial charge in [-0.25, -0.2) is 4.39 Å². The smallest absolute Gasteiger partial charge is 0.298 e. The molecule has 17 heavy (non-hydrogen) atoms. The second kappa shape index (κ2) is 5.55. The Labute approximate surface area is 111 Å². The van der Waals surface area contributed by atoms with E-state index in [2.05, 4.69) is 32.2 Å². The van der Waals surface area contributed by atoms with Crippen molar-refractivity contribution in [2.45, 2.75) is 19.8 Å². The first-order valence-electron chi connectivity index (χ1n) is 5.14. The highest BCUT2D eigenvalue weighted by Crippen LogP contribution is 2.31. The molecule has 0 N–H and O–H groups in total. The van der Waals surface area contributed by atoms with E-state index in [0.29, 0.717) is 15.4 Å². The summed E-state index contributed by atoms with van der Waals surface area (Å²) in [6.45, 7) is 2.06. The molecule has 0 aliphatic carbocycles. The minimum atomic E-state index is -0.346. The summed E-state index contributed by atoms with van der Waals surface area (Å²) in [6, 6.07) is 4.27. The van der Waals surface area contributed by atoms with E-state index in [4.69, 9.17) is 4.74 Å². The fraction of sp³-hybridized carbons (Fsp3) is 0.273. The van der Waals surface area contributed by atoms with Gasteiger partial charge in [0.1, 0.15) is 17.4 Å². The van der Waals surface area contributed by atoms with E-state index < -0.39 is 0 Å². The Morgan fingerprint density at radius 1 is 1.47 bits per heavy atom. The molecule has 0 saturated carbocycles. The molecule has 0 bridgehead atoms. The lowest BCUT2D eigenvalue weighted by Crippen LogP contribution is -1.88. The lowest BCUT2D eigenvalue weighted by Gasteiger charge is -2.03. The van der Waals surface area contributed by atoms with Gasteiger partial charge in [0, 0.05) is 24.0 Å². The minimum Gasteiger partial charge on any atom is -0.429 e. The van der Waals surface area contributed by atoms with Gasteiger partial charge in [0.15, 0.2) is 0 Å². The van der Waals surface area contributed by atoms with Gasteiger partial charge in [0.2, 0.25) is 0 Å². The van der Waals surface area contributed by atoms with Crippen LogP contribution in [0.4, 0.5) is 4.39 Å². The van der Waals surface area contributed by atoms with Crippen molar-refractivity contribution in [2.75, 3.05) is 0 Å². The summed E-state index contributed by atoms with van der Waals surface area (Å²) in [4.78, 5) is 4.21. The molecular weight excluding hydrogens is 307 g/mol. The molecule has 0 saturated heterocycles. The van der Waals surface area contributed by atoms with Crippen molar-refractivity contribution < 1.29 is 9.13 Å². The molecule has 2 aromatic rings. The zero-order chi connectivity index (χ0) is 12.3. The Morgan fingerprint density at radius 2 is 2.29 bits per heavy atom. The normalized spacial score (nSPS) is 10.5. The van der Waals surface area contributed by atoms with E-state index in [1.54, 1.807) is 6.07 Å². The lowest BCUT2D eigenvalue weighted by atomic mass is 10.3. The molecule has 0 amide bonds. The highest BCUT2D eigenvalue weighted by atomic mass is 79.9. The lowest BCUT2D eigenvalue weighted by molar-refractivity contribution is 0.468. The summed E-state index contributed by atoms with van der Waals surface area (Å²) in [7, 11) is 0. The first-order chi connectivity index (χ1) is 8.19. The van der Waals surface area contributed by atoms with Gasteiger partial charge in [-0.1, -0.05) is 6.92 Å². The fourth-order valence-corrected chi connectivity index (χ4v) is 2.17. The molecule has 1 heterocycles. The highest BCUT2D eigenvalue weighted by Gasteiger charge is 2.09. The Morgan fingerprint density at radius 3 is 3.06 bits per heavy atom. The molecule has 6 heteroatoms. The Hall–Kier alpha value is -1.01. The number of nitrogens with zero attached hydrogens (tertiary/aromatic N) is 2. The van der Waals surface area contributed by atoms with Crippen molar-refractivity contribution in [1.29, 1.82) is 0 Å². The molecule has 0 spiro atoms. The van der Waals surface area contributed by atoms with Crippen molar-refractivity contribution in [3.05, 3.63) is 34.3 Å². The Kier molecular flexibility index (Phi) is 4.06. The molecular formula is C11H10BrFN2OS. The maximum absolute atomic E-state index is 13.0. The topological polar surface area (TPSA) is 35.0 Å². The van der Waals surface area contributed by atoms with Gasteiger partial charge in [-0.05, 0) is 34.5 Å². The summed E-state index contributed by atoms with van der Waals surface area (Å²) in [5.74, 6) is 0.825. The molecule has 0 fully saturated rings. The van der Waals surface area contributed by atoms with Crippen LogP contribution in [0.25, 0.3) is 0 Å².